The molecule has 0 saturated carbocycles. The lowest BCUT2D eigenvalue weighted by Crippen LogP contribution is -2.25. The van der Waals surface area contributed by atoms with E-state index in [1.165, 1.54) is 0 Å². The highest BCUT2D eigenvalue weighted by atomic mass is 16.4. The fraction of sp³-hybridized carbons (Fsp3) is 0.417. The van der Waals surface area contributed by atoms with Gasteiger partial charge < -0.3 is 15.1 Å². The molecule has 86 valence electrons. The molecule has 1 unspecified atom stereocenters. The third kappa shape index (κ3) is 2.02. The molecule has 0 saturated heterocycles. The second-order valence-corrected chi connectivity index (χ2v) is 4.02. The van der Waals surface area contributed by atoms with Crippen LogP contribution in [0.25, 0.3) is 0 Å². The van der Waals surface area contributed by atoms with Crippen LogP contribution < -0.4 is 4.90 Å². The summed E-state index contributed by atoms with van der Waals surface area (Å²) in [5.41, 5.74) is 2.14. The quantitative estimate of drug-likeness (QED) is 0.798. The van der Waals surface area contributed by atoms with Gasteiger partial charge in [-0.2, -0.15) is 0 Å². The van der Waals surface area contributed by atoms with E-state index in [0.29, 0.717) is 13.1 Å². The van der Waals surface area contributed by atoms with Crippen molar-refractivity contribution in [2.24, 2.45) is 0 Å². The number of hydrogen-bond acceptors (Lipinski definition) is 3. The van der Waals surface area contributed by atoms with Gasteiger partial charge in [0, 0.05) is 24.7 Å². The van der Waals surface area contributed by atoms with Crippen molar-refractivity contribution in [3.63, 3.8) is 0 Å². The van der Waals surface area contributed by atoms with E-state index in [4.69, 9.17) is 10.2 Å². The fourth-order valence-electron chi connectivity index (χ4n) is 2.30. The highest BCUT2D eigenvalue weighted by Gasteiger charge is 2.29. The van der Waals surface area contributed by atoms with Crippen LogP contribution in [0.5, 0.6) is 0 Å². The number of anilines is 1. The van der Waals surface area contributed by atoms with Crippen molar-refractivity contribution in [1.29, 1.82) is 0 Å². The average molecular weight is 221 g/mol. The molecule has 0 bridgehead atoms. The van der Waals surface area contributed by atoms with E-state index in [1.807, 2.05) is 29.2 Å². The minimum Gasteiger partial charge on any atom is -0.481 e. The molecule has 2 rings (SSSR count). The maximum Gasteiger partial charge on any atom is 0.304 e. The van der Waals surface area contributed by atoms with Crippen molar-refractivity contribution in [2.45, 2.75) is 12.3 Å². The van der Waals surface area contributed by atoms with Crippen LogP contribution in [0.3, 0.4) is 0 Å². The van der Waals surface area contributed by atoms with Crippen molar-refractivity contribution in [3.8, 4) is 0 Å². The molecule has 0 aromatic heterocycles. The molecule has 1 atom stereocenters. The van der Waals surface area contributed by atoms with Crippen LogP contribution in [0.1, 0.15) is 17.9 Å². The van der Waals surface area contributed by atoms with Gasteiger partial charge in [-0.05, 0) is 11.6 Å². The number of fused-ring (bicyclic) bond motifs is 1. The Labute approximate surface area is 94.1 Å². The number of rotatable bonds is 4. The first-order valence-electron chi connectivity index (χ1n) is 5.39. The van der Waals surface area contributed by atoms with Gasteiger partial charge in [0.25, 0.3) is 0 Å². The molecule has 1 aliphatic rings. The first kappa shape index (κ1) is 11.0. The van der Waals surface area contributed by atoms with Crippen LogP contribution in [0.15, 0.2) is 24.3 Å². The van der Waals surface area contributed by atoms with E-state index in [1.54, 1.807) is 0 Å². The number of aliphatic hydroxyl groups is 1. The van der Waals surface area contributed by atoms with Crippen molar-refractivity contribution in [2.75, 3.05) is 24.6 Å². The highest BCUT2D eigenvalue weighted by Crippen LogP contribution is 2.37. The lowest BCUT2D eigenvalue weighted by molar-refractivity contribution is -0.137. The zero-order chi connectivity index (χ0) is 11.5. The van der Waals surface area contributed by atoms with Gasteiger partial charge in [-0.15, -0.1) is 0 Å². The van der Waals surface area contributed by atoms with Gasteiger partial charge in [0.2, 0.25) is 0 Å². The van der Waals surface area contributed by atoms with E-state index >= 15 is 0 Å². The van der Waals surface area contributed by atoms with Crippen LogP contribution in [-0.4, -0.2) is 35.9 Å². The molecule has 2 N–H and O–H groups in total. The number of para-hydroxylation sites is 1. The van der Waals surface area contributed by atoms with E-state index in [-0.39, 0.29) is 18.9 Å². The van der Waals surface area contributed by atoms with Crippen LogP contribution in [0.2, 0.25) is 0 Å². The smallest absolute Gasteiger partial charge is 0.304 e. The van der Waals surface area contributed by atoms with Crippen LogP contribution in [-0.2, 0) is 4.79 Å². The summed E-state index contributed by atoms with van der Waals surface area (Å²) < 4.78 is 0. The summed E-state index contributed by atoms with van der Waals surface area (Å²) in [5.74, 6) is -0.731. The zero-order valence-electron chi connectivity index (χ0n) is 8.97. The van der Waals surface area contributed by atoms with Crippen LogP contribution in [0.4, 0.5) is 5.69 Å². The molecule has 16 heavy (non-hydrogen) atoms. The molecule has 1 aromatic rings. The minimum absolute atomic E-state index is 0.0419. The fourth-order valence-corrected chi connectivity index (χ4v) is 2.30. The number of nitrogens with zero attached hydrogens (tertiary/aromatic N) is 1. The standard InChI is InChI=1S/C12H15NO3/c14-6-5-13-8-9(7-12(15)16)10-3-1-2-4-11(10)13/h1-4,9,14H,5-8H2,(H,15,16). The Morgan fingerprint density at radius 1 is 1.44 bits per heavy atom. The Bertz CT molecular complexity index is 392. The normalized spacial score (nSPS) is 18.6. The maximum atomic E-state index is 10.8. The summed E-state index contributed by atoms with van der Waals surface area (Å²) >= 11 is 0. The zero-order valence-corrected chi connectivity index (χ0v) is 8.97. The number of aliphatic carboxylic acids is 1. The first-order chi connectivity index (χ1) is 7.72. The summed E-state index contributed by atoms with van der Waals surface area (Å²) in [6.45, 7) is 1.34. The number of benzene rings is 1. The molecule has 1 heterocycles. The Balaban J connectivity index is 2.24. The number of hydrogen-bond donors (Lipinski definition) is 2. The molecule has 0 radical (unpaired) electrons. The third-order valence-electron chi connectivity index (χ3n) is 2.95. The van der Waals surface area contributed by atoms with Gasteiger partial charge >= 0.3 is 5.97 Å². The summed E-state index contributed by atoms with van der Waals surface area (Å²) in [5, 5.41) is 17.8. The molecule has 0 fully saturated rings. The summed E-state index contributed by atoms with van der Waals surface area (Å²) in [4.78, 5) is 12.8. The third-order valence-corrected chi connectivity index (χ3v) is 2.95. The molecular weight excluding hydrogens is 206 g/mol. The molecule has 0 amide bonds. The predicted octanol–water partition coefficient (Wildman–Crippen LogP) is 1.06. The highest BCUT2D eigenvalue weighted by molar-refractivity contribution is 5.71. The van der Waals surface area contributed by atoms with Crippen molar-refractivity contribution >= 4 is 11.7 Å². The molecule has 4 nitrogen and oxygen atoms in total. The monoisotopic (exact) mass is 221 g/mol. The lowest BCUT2D eigenvalue weighted by atomic mass is 9.98. The van der Waals surface area contributed by atoms with Crippen LogP contribution >= 0.6 is 0 Å². The second-order valence-electron chi connectivity index (χ2n) is 4.02. The van der Waals surface area contributed by atoms with Crippen molar-refractivity contribution in [3.05, 3.63) is 29.8 Å². The molecule has 1 aromatic carbocycles. The molecule has 0 aliphatic carbocycles. The van der Waals surface area contributed by atoms with E-state index < -0.39 is 5.97 Å². The van der Waals surface area contributed by atoms with E-state index in [9.17, 15) is 4.79 Å². The number of β-amino-alcohol motifs (C(OH)–C–C–N with tert-alkyl or cyclic N) is 1. The average Bonchev–Trinajstić information content (AvgIpc) is 2.58. The molecule has 1 aliphatic heterocycles. The lowest BCUT2D eigenvalue weighted by Gasteiger charge is -2.17. The SMILES string of the molecule is O=C(O)CC1CN(CCO)c2ccccc21. The molecular formula is C12H15NO3. The number of carboxylic acid groups (broad SMARTS) is 1. The minimum atomic E-state index is -0.773. The Morgan fingerprint density at radius 3 is 2.88 bits per heavy atom. The Morgan fingerprint density at radius 2 is 2.19 bits per heavy atom. The molecule has 4 heteroatoms. The number of carbonyl (C=O) groups is 1. The van der Waals surface area contributed by atoms with E-state index in [0.717, 1.165) is 11.3 Å². The van der Waals surface area contributed by atoms with Crippen molar-refractivity contribution in [1.82, 2.24) is 0 Å². The summed E-state index contributed by atoms with van der Waals surface area (Å²) in [6, 6.07) is 7.82. The second kappa shape index (κ2) is 4.53. The van der Waals surface area contributed by atoms with Gasteiger partial charge in [0.15, 0.2) is 0 Å². The van der Waals surface area contributed by atoms with Gasteiger partial charge in [0.05, 0.1) is 13.0 Å². The Kier molecular flexibility index (Phi) is 3.10. The molecule has 0 spiro atoms. The largest absolute Gasteiger partial charge is 0.481 e. The summed E-state index contributed by atoms with van der Waals surface area (Å²) in [7, 11) is 0. The first-order valence-corrected chi connectivity index (χ1v) is 5.39. The van der Waals surface area contributed by atoms with Crippen LogP contribution in [0, 0.1) is 0 Å². The van der Waals surface area contributed by atoms with Gasteiger partial charge in [-0.1, -0.05) is 18.2 Å². The summed E-state index contributed by atoms with van der Waals surface area (Å²) in [6.07, 6.45) is 0.152. The van der Waals surface area contributed by atoms with Gasteiger partial charge in [-0.3, -0.25) is 4.79 Å². The number of aliphatic hydroxyl groups excluding tert-OH is 1. The predicted molar refractivity (Wildman–Crippen MR) is 60.7 cm³/mol. The topological polar surface area (TPSA) is 60.8 Å². The number of carboxylic acids is 1. The van der Waals surface area contributed by atoms with E-state index in [2.05, 4.69) is 0 Å². The maximum absolute atomic E-state index is 10.8. The van der Waals surface area contributed by atoms with Crippen molar-refractivity contribution < 1.29 is 15.0 Å². The van der Waals surface area contributed by atoms with Gasteiger partial charge in [0.1, 0.15) is 0 Å². The Hall–Kier alpha value is -1.55. The van der Waals surface area contributed by atoms with Gasteiger partial charge in [-0.25, -0.2) is 0 Å².